The van der Waals surface area contributed by atoms with E-state index in [4.69, 9.17) is 9.47 Å². The van der Waals surface area contributed by atoms with Gasteiger partial charge in [-0.25, -0.2) is 0 Å². The smallest absolute Gasteiger partial charge is 0.0589 e. The van der Waals surface area contributed by atoms with Gasteiger partial charge >= 0.3 is 0 Å². The molecule has 16 heavy (non-hydrogen) atoms. The predicted octanol–water partition coefficient (Wildman–Crippen LogP) is 2.07. The molecule has 0 amide bonds. The average molecular weight is 249 g/mol. The van der Waals surface area contributed by atoms with E-state index in [1.165, 1.54) is 25.7 Å². The van der Waals surface area contributed by atoms with E-state index in [1.807, 2.05) is 0 Å². The minimum atomic E-state index is 0.806. The quantitative estimate of drug-likeness (QED) is 0.423. The molecule has 0 aliphatic rings. The van der Waals surface area contributed by atoms with Gasteiger partial charge < -0.3 is 9.47 Å². The summed E-state index contributed by atoms with van der Waals surface area (Å²) in [7, 11) is 3.50. The Labute approximate surface area is 106 Å². The van der Waals surface area contributed by atoms with Gasteiger partial charge in [0, 0.05) is 27.3 Å². The van der Waals surface area contributed by atoms with Crippen molar-refractivity contribution in [3.8, 4) is 0 Å². The molecule has 0 radical (unpaired) electrons. The Hall–Kier alpha value is 0.230. The van der Waals surface area contributed by atoms with E-state index in [0.29, 0.717) is 0 Å². The van der Waals surface area contributed by atoms with Crippen molar-refractivity contribution in [3.63, 3.8) is 0 Å². The molecular formula is C12H27NO2S. The Kier molecular flexibility index (Phi) is 13.5. The van der Waals surface area contributed by atoms with Crippen molar-refractivity contribution >= 4 is 12.6 Å². The van der Waals surface area contributed by atoms with E-state index in [2.05, 4.69) is 17.5 Å². The first-order valence-electron chi connectivity index (χ1n) is 6.16. The number of hydrogen-bond acceptors (Lipinski definition) is 4. The molecule has 0 bridgehead atoms. The maximum Gasteiger partial charge on any atom is 0.0589 e. The number of nitrogens with zero attached hydrogens (tertiary/aromatic N) is 1. The first kappa shape index (κ1) is 16.2. The molecule has 0 aliphatic heterocycles. The Balaban J connectivity index is 3.48. The van der Waals surface area contributed by atoms with E-state index in [0.717, 1.165) is 38.6 Å². The third kappa shape index (κ3) is 10.7. The van der Waals surface area contributed by atoms with Crippen LogP contribution in [0.3, 0.4) is 0 Å². The highest BCUT2D eigenvalue weighted by Gasteiger charge is 2.03. The average Bonchev–Trinajstić information content (AvgIpc) is 2.31. The van der Waals surface area contributed by atoms with E-state index in [-0.39, 0.29) is 0 Å². The van der Waals surface area contributed by atoms with Crippen molar-refractivity contribution < 1.29 is 9.47 Å². The van der Waals surface area contributed by atoms with Gasteiger partial charge in [0.05, 0.1) is 13.2 Å². The van der Waals surface area contributed by atoms with Gasteiger partial charge in [-0.1, -0.05) is 12.8 Å². The zero-order chi connectivity index (χ0) is 12.1. The molecule has 4 heteroatoms. The standard InChI is InChI=1S/C12H27NO2S/c1-14-10-8-13(9-11-15-2)7-5-3-4-6-12-16/h16H,3-12H2,1-2H3. The van der Waals surface area contributed by atoms with Gasteiger partial charge in [-0.15, -0.1) is 0 Å². The van der Waals surface area contributed by atoms with Crippen LogP contribution in [0, 0.1) is 0 Å². The molecule has 0 heterocycles. The molecule has 0 aliphatic carbocycles. The fourth-order valence-corrected chi connectivity index (χ4v) is 1.80. The summed E-state index contributed by atoms with van der Waals surface area (Å²) in [6, 6.07) is 0. The lowest BCUT2D eigenvalue weighted by Gasteiger charge is -2.21. The lowest BCUT2D eigenvalue weighted by Crippen LogP contribution is -2.31. The fourth-order valence-electron chi connectivity index (χ4n) is 1.58. The van der Waals surface area contributed by atoms with Gasteiger partial charge in [0.1, 0.15) is 0 Å². The van der Waals surface area contributed by atoms with Crippen LogP contribution in [0.4, 0.5) is 0 Å². The number of hydrogen-bond donors (Lipinski definition) is 1. The Bertz CT molecular complexity index is 128. The largest absolute Gasteiger partial charge is 0.383 e. The van der Waals surface area contributed by atoms with Crippen molar-refractivity contribution in [1.29, 1.82) is 0 Å². The van der Waals surface area contributed by atoms with E-state index >= 15 is 0 Å². The van der Waals surface area contributed by atoms with Gasteiger partial charge in [-0.2, -0.15) is 12.6 Å². The van der Waals surface area contributed by atoms with E-state index in [9.17, 15) is 0 Å². The summed E-state index contributed by atoms with van der Waals surface area (Å²) in [5.41, 5.74) is 0. The molecule has 0 aromatic carbocycles. The first-order valence-corrected chi connectivity index (χ1v) is 6.79. The van der Waals surface area contributed by atoms with Gasteiger partial charge in [-0.3, -0.25) is 4.90 Å². The topological polar surface area (TPSA) is 21.7 Å². The second-order valence-electron chi connectivity index (χ2n) is 3.97. The number of ether oxygens (including phenoxy) is 2. The van der Waals surface area contributed by atoms with Crippen molar-refractivity contribution in [1.82, 2.24) is 4.90 Å². The monoisotopic (exact) mass is 249 g/mol. The molecule has 0 aromatic rings. The van der Waals surface area contributed by atoms with Gasteiger partial charge in [-0.05, 0) is 25.1 Å². The molecule has 98 valence electrons. The molecule has 0 spiro atoms. The van der Waals surface area contributed by atoms with Crippen molar-refractivity contribution in [3.05, 3.63) is 0 Å². The predicted molar refractivity (Wildman–Crippen MR) is 72.5 cm³/mol. The summed E-state index contributed by atoms with van der Waals surface area (Å²) in [4.78, 5) is 2.41. The van der Waals surface area contributed by atoms with Crippen molar-refractivity contribution in [2.75, 3.05) is 52.8 Å². The van der Waals surface area contributed by atoms with Crippen LogP contribution in [0.5, 0.6) is 0 Å². The molecular weight excluding hydrogens is 222 g/mol. The summed E-state index contributed by atoms with van der Waals surface area (Å²) in [6.45, 7) is 4.78. The fraction of sp³-hybridized carbons (Fsp3) is 1.00. The highest BCUT2D eigenvalue weighted by Crippen LogP contribution is 2.02. The normalized spacial score (nSPS) is 11.2. The van der Waals surface area contributed by atoms with Gasteiger partial charge in [0.2, 0.25) is 0 Å². The van der Waals surface area contributed by atoms with Crippen LogP contribution in [0.25, 0.3) is 0 Å². The number of methoxy groups -OCH3 is 2. The molecule has 0 unspecified atom stereocenters. The Morgan fingerprint density at radius 1 is 0.812 bits per heavy atom. The third-order valence-electron chi connectivity index (χ3n) is 2.61. The molecule has 3 nitrogen and oxygen atoms in total. The summed E-state index contributed by atoms with van der Waals surface area (Å²) in [5.74, 6) is 1.01. The van der Waals surface area contributed by atoms with Crippen LogP contribution in [0.1, 0.15) is 25.7 Å². The second-order valence-corrected chi connectivity index (χ2v) is 4.41. The van der Waals surface area contributed by atoms with Crippen molar-refractivity contribution in [2.45, 2.75) is 25.7 Å². The van der Waals surface area contributed by atoms with E-state index < -0.39 is 0 Å². The second kappa shape index (κ2) is 13.3. The lowest BCUT2D eigenvalue weighted by atomic mass is 10.2. The Morgan fingerprint density at radius 2 is 1.38 bits per heavy atom. The molecule has 0 N–H and O–H groups in total. The molecule has 0 saturated carbocycles. The van der Waals surface area contributed by atoms with E-state index in [1.54, 1.807) is 14.2 Å². The van der Waals surface area contributed by atoms with Gasteiger partial charge in [0.15, 0.2) is 0 Å². The molecule has 0 aromatic heterocycles. The van der Waals surface area contributed by atoms with Crippen molar-refractivity contribution in [2.24, 2.45) is 0 Å². The van der Waals surface area contributed by atoms with Gasteiger partial charge in [0.25, 0.3) is 0 Å². The minimum Gasteiger partial charge on any atom is -0.383 e. The van der Waals surface area contributed by atoms with Crippen LogP contribution in [-0.4, -0.2) is 57.7 Å². The zero-order valence-electron chi connectivity index (χ0n) is 10.8. The summed E-state index contributed by atoms with van der Waals surface area (Å²) >= 11 is 4.21. The summed E-state index contributed by atoms with van der Waals surface area (Å²) in [6.07, 6.45) is 5.10. The SMILES string of the molecule is COCCN(CCCCCCS)CCOC. The van der Waals surface area contributed by atoms with Crippen LogP contribution in [0.2, 0.25) is 0 Å². The van der Waals surface area contributed by atoms with Crippen LogP contribution >= 0.6 is 12.6 Å². The van der Waals surface area contributed by atoms with Crippen LogP contribution in [0.15, 0.2) is 0 Å². The number of unbranched alkanes of at least 4 members (excludes halogenated alkanes) is 3. The van der Waals surface area contributed by atoms with Crippen LogP contribution < -0.4 is 0 Å². The molecule has 0 saturated heterocycles. The maximum atomic E-state index is 5.10. The summed E-state index contributed by atoms with van der Waals surface area (Å²) < 4.78 is 10.2. The molecule has 0 fully saturated rings. The third-order valence-corrected chi connectivity index (χ3v) is 2.92. The minimum absolute atomic E-state index is 0.806. The number of rotatable bonds is 12. The first-order chi connectivity index (χ1) is 7.85. The number of thiol groups is 1. The summed E-state index contributed by atoms with van der Waals surface area (Å²) in [5, 5.41) is 0. The Morgan fingerprint density at radius 3 is 1.88 bits per heavy atom. The zero-order valence-corrected chi connectivity index (χ0v) is 11.7. The van der Waals surface area contributed by atoms with Crippen LogP contribution in [-0.2, 0) is 9.47 Å². The maximum absolute atomic E-state index is 5.10. The highest BCUT2D eigenvalue weighted by atomic mass is 32.1. The molecule has 0 rings (SSSR count). The lowest BCUT2D eigenvalue weighted by molar-refractivity contribution is 0.113. The molecule has 0 atom stereocenters. The highest BCUT2D eigenvalue weighted by molar-refractivity contribution is 7.80.